The molecule has 1 saturated heterocycles. The summed E-state index contributed by atoms with van der Waals surface area (Å²) in [4.78, 5) is 32.2. The van der Waals surface area contributed by atoms with E-state index in [0.29, 0.717) is 18.5 Å². The predicted molar refractivity (Wildman–Crippen MR) is 136 cm³/mol. The molecular weight excluding hydrogens is 442 g/mol. The monoisotopic (exact) mass is 473 g/mol. The molecule has 182 valence electrons. The molecule has 1 unspecified atom stereocenters. The Bertz CT molecular complexity index is 1490. The van der Waals surface area contributed by atoms with Gasteiger partial charge in [-0.1, -0.05) is 6.07 Å². The van der Waals surface area contributed by atoms with Crippen molar-refractivity contribution in [1.29, 1.82) is 0 Å². The van der Waals surface area contributed by atoms with Crippen LogP contribution in [0.4, 0.5) is 4.79 Å². The predicted octanol–water partition coefficient (Wildman–Crippen LogP) is 4.90. The number of nitrogens with zero attached hydrogens (tertiary/aromatic N) is 5. The van der Waals surface area contributed by atoms with E-state index in [1.54, 1.807) is 9.47 Å². The van der Waals surface area contributed by atoms with Crippen molar-refractivity contribution in [3.05, 3.63) is 64.3 Å². The van der Waals surface area contributed by atoms with Gasteiger partial charge in [-0.25, -0.2) is 14.3 Å². The third-order valence-corrected chi connectivity index (χ3v) is 6.40. The zero-order valence-electron chi connectivity index (χ0n) is 20.9. The lowest BCUT2D eigenvalue weighted by Crippen LogP contribution is -2.44. The number of fused-ring (bicyclic) bond motifs is 2. The largest absolute Gasteiger partial charge is 0.444 e. The number of ether oxygens (including phenoxy) is 1. The molecule has 1 atom stereocenters. The number of amides is 1. The summed E-state index contributed by atoms with van der Waals surface area (Å²) < 4.78 is 9.11. The van der Waals surface area contributed by atoms with E-state index in [-0.39, 0.29) is 17.7 Å². The molecule has 4 heterocycles. The topological polar surface area (TPSA) is 81.7 Å². The van der Waals surface area contributed by atoms with E-state index in [2.05, 4.69) is 4.98 Å². The minimum atomic E-state index is -0.545. The van der Waals surface area contributed by atoms with Crippen molar-refractivity contribution in [1.82, 2.24) is 24.1 Å². The van der Waals surface area contributed by atoms with Gasteiger partial charge in [-0.3, -0.25) is 4.79 Å². The maximum Gasteiger partial charge on any atom is 0.410 e. The van der Waals surface area contributed by atoms with Crippen molar-refractivity contribution in [2.24, 2.45) is 0 Å². The normalized spacial score (nSPS) is 16.7. The van der Waals surface area contributed by atoms with Crippen molar-refractivity contribution < 1.29 is 9.53 Å². The van der Waals surface area contributed by atoms with Gasteiger partial charge in [-0.05, 0) is 82.7 Å². The molecule has 1 aliphatic rings. The van der Waals surface area contributed by atoms with E-state index < -0.39 is 5.60 Å². The highest BCUT2D eigenvalue weighted by atomic mass is 16.6. The number of pyridine rings is 1. The molecule has 0 spiro atoms. The first-order chi connectivity index (χ1) is 16.6. The van der Waals surface area contributed by atoms with Crippen LogP contribution < -0.4 is 5.56 Å². The Morgan fingerprint density at radius 3 is 2.71 bits per heavy atom. The fourth-order valence-electron chi connectivity index (χ4n) is 4.77. The van der Waals surface area contributed by atoms with Crippen molar-refractivity contribution in [3.8, 4) is 11.3 Å². The van der Waals surface area contributed by atoms with Gasteiger partial charge in [0, 0.05) is 30.2 Å². The fourth-order valence-corrected chi connectivity index (χ4v) is 4.77. The van der Waals surface area contributed by atoms with E-state index >= 15 is 0 Å². The minimum Gasteiger partial charge on any atom is -0.444 e. The van der Waals surface area contributed by atoms with E-state index in [0.717, 1.165) is 46.4 Å². The van der Waals surface area contributed by atoms with E-state index in [4.69, 9.17) is 9.84 Å². The van der Waals surface area contributed by atoms with Gasteiger partial charge in [0.2, 0.25) is 0 Å². The van der Waals surface area contributed by atoms with Crippen LogP contribution >= 0.6 is 0 Å². The third-order valence-electron chi connectivity index (χ3n) is 6.40. The van der Waals surface area contributed by atoms with Crippen LogP contribution in [0.5, 0.6) is 0 Å². The van der Waals surface area contributed by atoms with Crippen LogP contribution in [0.25, 0.3) is 27.7 Å². The summed E-state index contributed by atoms with van der Waals surface area (Å²) in [6.45, 7) is 10.7. The second kappa shape index (κ2) is 8.52. The zero-order valence-corrected chi connectivity index (χ0v) is 20.9. The van der Waals surface area contributed by atoms with Gasteiger partial charge >= 0.3 is 6.09 Å². The first-order valence-corrected chi connectivity index (χ1v) is 12.1. The Morgan fingerprint density at radius 1 is 1.14 bits per heavy atom. The number of aromatic nitrogens is 4. The zero-order chi connectivity index (χ0) is 24.9. The van der Waals surface area contributed by atoms with Gasteiger partial charge in [-0.2, -0.15) is 5.10 Å². The number of aryl methyl sites for hydroxylation is 2. The van der Waals surface area contributed by atoms with Crippen molar-refractivity contribution in [2.75, 3.05) is 13.1 Å². The molecule has 0 N–H and O–H groups in total. The number of hydrogen-bond donors (Lipinski definition) is 0. The maximum atomic E-state index is 13.4. The summed E-state index contributed by atoms with van der Waals surface area (Å²) in [5.74, 6) is 0. The average Bonchev–Trinajstić information content (AvgIpc) is 3.19. The second-order valence-corrected chi connectivity index (χ2v) is 10.4. The molecule has 8 heteroatoms. The minimum absolute atomic E-state index is 0.0464. The van der Waals surface area contributed by atoms with E-state index in [9.17, 15) is 9.59 Å². The number of rotatable bonds is 2. The second-order valence-electron chi connectivity index (χ2n) is 10.4. The Labute approximate surface area is 204 Å². The van der Waals surface area contributed by atoms with Crippen LogP contribution in [0.1, 0.15) is 50.9 Å². The first kappa shape index (κ1) is 23.1. The highest BCUT2D eigenvalue weighted by Crippen LogP contribution is 2.26. The Balaban J connectivity index is 1.45. The van der Waals surface area contributed by atoms with Gasteiger partial charge in [0.1, 0.15) is 5.60 Å². The van der Waals surface area contributed by atoms with Gasteiger partial charge in [0.05, 0.1) is 23.6 Å². The van der Waals surface area contributed by atoms with Crippen LogP contribution in [-0.2, 0) is 4.74 Å². The summed E-state index contributed by atoms with van der Waals surface area (Å²) in [5, 5.41) is 6.24. The standard InChI is InChI=1S/C27H31N5O3/c1-17-13-23(29-32-15-18(2)28-24(17)32)20-8-9-22-19(14-20)10-12-31(25(22)33)21-7-6-11-30(16-21)26(34)35-27(3,4)5/h8-10,12-15,21H,6-7,11,16H2,1-5H3. The smallest absolute Gasteiger partial charge is 0.410 e. The number of hydrogen-bond acceptors (Lipinski definition) is 5. The van der Waals surface area contributed by atoms with Crippen molar-refractivity contribution in [2.45, 2.75) is 59.1 Å². The maximum absolute atomic E-state index is 13.4. The molecule has 0 aliphatic carbocycles. The highest BCUT2D eigenvalue weighted by molar-refractivity contribution is 5.86. The SMILES string of the molecule is Cc1cn2nc(-c3ccc4c(=O)n(C5CCCN(C(=O)OC(C)(C)C)C5)ccc4c3)cc(C)c2n1. The number of benzene rings is 1. The van der Waals surface area contributed by atoms with Crippen molar-refractivity contribution >= 4 is 22.5 Å². The summed E-state index contributed by atoms with van der Waals surface area (Å²) in [5.41, 5.74) is 4.00. The molecule has 0 bridgehead atoms. The molecule has 1 aliphatic heterocycles. The molecule has 5 rings (SSSR count). The number of imidazole rings is 1. The molecule has 1 amide bonds. The summed E-state index contributed by atoms with van der Waals surface area (Å²) in [7, 11) is 0. The van der Waals surface area contributed by atoms with Crippen LogP contribution in [0.2, 0.25) is 0 Å². The number of likely N-dealkylation sites (tertiary alicyclic amines) is 1. The third kappa shape index (κ3) is 4.52. The van der Waals surface area contributed by atoms with Crippen molar-refractivity contribution in [3.63, 3.8) is 0 Å². The number of carbonyl (C=O) groups excluding carboxylic acids is 1. The fraction of sp³-hybridized carbons (Fsp3) is 0.407. The molecule has 0 saturated carbocycles. The number of piperidine rings is 1. The average molecular weight is 474 g/mol. The molecule has 1 fully saturated rings. The van der Waals surface area contributed by atoms with Gasteiger partial charge in [0.25, 0.3) is 5.56 Å². The van der Waals surface area contributed by atoms with Gasteiger partial charge in [-0.15, -0.1) is 0 Å². The molecular formula is C27H31N5O3. The quantitative estimate of drug-likeness (QED) is 0.414. The molecule has 3 aromatic heterocycles. The first-order valence-electron chi connectivity index (χ1n) is 12.1. The Morgan fingerprint density at radius 2 is 1.94 bits per heavy atom. The van der Waals surface area contributed by atoms with Gasteiger partial charge in [0.15, 0.2) is 5.65 Å². The lowest BCUT2D eigenvalue weighted by atomic mass is 10.0. The van der Waals surface area contributed by atoms with Crippen LogP contribution in [0, 0.1) is 13.8 Å². The Hall–Kier alpha value is -3.68. The van der Waals surface area contributed by atoms with Gasteiger partial charge < -0.3 is 14.2 Å². The van der Waals surface area contributed by atoms with Crippen LogP contribution in [-0.4, -0.2) is 48.8 Å². The number of carbonyl (C=O) groups is 1. The molecule has 0 radical (unpaired) electrons. The Kier molecular flexibility index (Phi) is 5.62. The lowest BCUT2D eigenvalue weighted by Gasteiger charge is -2.34. The van der Waals surface area contributed by atoms with Crippen LogP contribution in [0.15, 0.2) is 47.5 Å². The van der Waals surface area contributed by atoms with Crippen LogP contribution in [0.3, 0.4) is 0 Å². The summed E-state index contributed by atoms with van der Waals surface area (Å²) >= 11 is 0. The summed E-state index contributed by atoms with van der Waals surface area (Å²) in [6, 6.07) is 9.74. The summed E-state index contributed by atoms with van der Waals surface area (Å²) in [6.07, 6.45) is 5.11. The molecule has 1 aromatic carbocycles. The lowest BCUT2D eigenvalue weighted by molar-refractivity contribution is 0.0171. The molecule has 8 nitrogen and oxygen atoms in total. The molecule has 35 heavy (non-hydrogen) atoms. The van der Waals surface area contributed by atoms with E-state index in [1.807, 2.05) is 81.9 Å². The molecule has 4 aromatic rings. The van der Waals surface area contributed by atoms with E-state index in [1.165, 1.54) is 0 Å². The highest BCUT2D eigenvalue weighted by Gasteiger charge is 2.29.